The fourth-order valence-electron chi connectivity index (χ4n) is 1.94. The molecule has 1 aromatic heterocycles. The standard InChI is InChI=1S/C14H23N3O2/c1-3-12(4-2)13(18)10-17-14(19)16-9-11-6-5-7-15-8-11/h5-8,12-13,18H,3-4,9-10H2,1-2H3,(H2,16,17,19). The number of rotatable bonds is 7. The molecule has 0 spiro atoms. The highest BCUT2D eigenvalue weighted by molar-refractivity contribution is 5.73. The fraction of sp³-hybridized carbons (Fsp3) is 0.571. The number of amides is 2. The minimum Gasteiger partial charge on any atom is -0.391 e. The maximum atomic E-state index is 11.6. The van der Waals surface area contributed by atoms with E-state index in [1.54, 1.807) is 12.4 Å². The molecule has 1 heterocycles. The first-order chi connectivity index (χ1) is 9.17. The van der Waals surface area contributed by atoms with Crippen LogP contribution in [-0.2, 0) is 6.54 Å². The average molecular weight is 265 g/mol. The van der Waals surface area contributed by atoms with Crippen molar-refractivity contribution in [1.29, 1.82) is 0 Å². The molecule has 19 heavy (non-hydrogen) atoms. The van der Waals surface area contributed by atoms with Crippen LogP contribution in [0.25, 0.3) is 0 Å². The van der Waals surface area contributed by atoms with Gasteiger partial charge in [-0.1, -0.05) is 32.8 Å². The highest BCUT2D eigenvalue weighted by Crippen LogP contribution is 2.12. The lowest BCUT2D eigenvalue weighted by atomic mass is 9.97. The molecule has 106 valence electrons. The Morgan fingerprint density at radius 1 is 1.37 bits per heavy atom. The summed E-state index contributed by atoms with van der Waals surface area (Å²) < 4.78 is 0. The second-order valence-electron chi connectivity index (χ2n) is 4.57. The summed E-state index contributed by atoms with van der Waals surface area (Å²) >= 11 is 0. The first-order valence-corrected chi connectivity index (χ1v) is 6.76. The van der Waals surface area contributed by atoms with E-state index in [0.717, 1.165) is 18.4 Å². The number of aliphatic hydroxyl groups is 1. The van der Waals surface area contributed by atoms with Gasteiger partial charge in [-0.15, -0.1) is 0 Å². The lowest BCUT2D eigenvalue weighted by molar-refractivity contribution is 0.103. The SMILES string of the molecule is CCC(CC)C(O)CNC(=O)NCc1cccnc1. The molecule has 0 bridgehead atoms. The summed E-state index contributed by atoms with van der Waals surface area (Å²) in [4.78, 5) is 15.5. The van der Waals surface area contributed by atoms with Crippen molar-refractivity contribution in [3.05, 3.63) is 30.1 Å². The average Bonchev–Trinajstić information content (AvgIpc) is 2.45. The van der Waals surface area contributed by atoms with Crippen LogP contribution in [-0.4, -0.2) is 28.8 Å². The number of nitrogens with one attached hydrogen (secondary N) is 2. The summed E-state index contributed by atoms with van der Waals surface area (Å²) in [6.07, 6.45) is 4.74. The van der Waals surface area contributed by atoms with Gasteiger partial charge in [0.25, 0.3) is 0 Å². The van der Waals surface area contributed by atoms with Crippen molar-refractivity contribution in [2.75, 3.05) is 6.54 Å². The van der Waals surface area contributed by atoms with Gasteiger partial charge in [-0.2, -0.15) is 0 Å². The zero-order valence-electron chi connectivity index (χ0n) is 11.6. The Morgan fingerprint density at radius 3 is 2.68 bits per heavy atom. The van der Waals surface area contributed by atoms with Gasteiger partial charge in [-0.3, -0.25) is 4.98 Å². The largest absolute Gasteiger partial charge is 0.391 e. The van der Waals surface area contributed by atoms with Crippen molar-refractivity contribution < 1.29 is 9.90 Å². The minimum absolute atomic E-state index is 0.235. The molecule has 0 radical (unpaired) electrons. The molecule has 0 aliphatic carbocycles. The molecule has 0 aliphatic rings. The molecule has 3 N–H and O–H groups in total. The van der Waals surface area contributed by atoms with E-state index in [2.05, 4.69) is 15.6 Å². The second kappa shape index (κ2) is 8.48. The van der Waals surface area contributed by atoms with Crippen LogP contribution in [0.2, 0.25) is 0 Å². The third kappa shape index (κ3) is 5.70. The minimum atomic E-state index is -0.487. The highest BCUT2D eigenvalue weighted by atomic mass is 16.3. The van der Waals surface area contributed by atoms with E-state index >= 15 is 0 Å². The van der Waals surface area contributed by atoms with Crippen molar-refractivity contribution in [3.63, 3.8) is 0 Å². The fourth-order valence-corrected chi connectivity index (χ4v) is 1.94. The molecule has 0 saturated carbocycles. The lowest BCUT2D eigenvalue weighted by Crippen LogP contribution is -2.41. The maximum Gasteiger partial charge on any atom is 0.315 e. The number of aliphatic hydroxyl groups excluding tert-OH is 1. The zero-order chi connectivity index (χ0) is 14.1. The monoisotopic (exact) mass is 265 g/mol. The van der Waals surface area contributed by atoms with Gasteiger partial charge in [-0.25, -0.2) is 4.79 Å². The molecule has 1 unspecified atom stereocenters. The molecule has 0 aliphatic heterocycles. The first-order valence-electron chi connectivity index (χ1n) is 6.76. The van der Waals surface area contributed by atoms with Crippen molar-refractivity contribution in [2.45, 2.75) is 39.3 Å². The van der Waals surface area contributed by atoms with Gasteiger partial charge in [-0.05, 0) is 17.5 Å². The molecule has 1 rings (SSSR count). The third-order valence-electron chi connectivity index (χ3n) is 3.24. The van der Waals surface area contributed by atoms with Crippen LogP contribution in [0.3, 0.4) is 0 Å². The van der Waals surface area contributed by atoms with Crippen molar-refractivity contribution in [2.24, 2.45) is 5.92 Å². The van der Waals surface area contributed by atoms with Crippen LogP contribution >= 0.6 is 0 Å². The number of nitrogens with zero attached hydrogens (tertiary/aromatic N) is 1. The normalized spacial score (nSPS) is 12.2. The predicted molar refractivity (Wildman–Crippen MR) is 74.6 cm³/mol. The lowest BCUT2D eigenvalue weighted by Gasteiger charge is -2.20. The number of carbonyl (C=O) groups excluding carboxylic acids is 1. The van der Waals surface area contributed by atoms with Crippen LogP contribution in [0, 0.1) is 5.92 Å². The molecule has 1 aromatic rings. The van der Waals surface area contributed by atoms with Gasteiger partial charge < -0.3 is 15.7 Å². The van der Waals surface area contributed by atoms with Gasteiger partial charge in [0.1, 0.15) is 0 Å². The Morgan fingerprint density at radius 2 is 2.11 bits per heavy atom. The van der Waals surface area contributed by atoms with E-state index in [1.165, 1.54) is 0 Å². The van der Waals surface area contributed by atoms with Crippen LogP contribution < -0.4 is 10.6 Å². The summed E-state index contributed by atoms with van der Waals surface area (Å²) in [5, 5.41) is 15.3. The summed E-state index contributed by atoms with van der Waals surface area (Å²) in [7, 11) is 0. The molecule has 2 amide bonds. The van der Waals surface area contributed by atoms with Gasteiger partial charge >= 0.3 is 6.03 Å². The molecule has 0 aromatic carbocycles. The van der Waals surface area contributed by atoms with Crippen LogP contribution in [0.15, 0.2) is 24.5 Å². The Hall–Kier alpha value is -1.62. The first kappa shape index (κ1) is 15.4. The zero-order valence-corrected chi connectivity index (χ0v) is 11.6. The summed E-state index contributed by atoms with van der Waals surface area (Å²) in [6, 6.07) is 3.45. The van der Waals surface area contributed by atoms with Crippen LogP contribution in [0.4, 0.5) is 4.79 Å². The number of hydrogen-bond donors (Lipinski definition) is 3. The van der Waals surface area contributed by atoms with E-state index < -0.39 is 6.10 Å². The van der Waals surface area contributed by atoms with Crippen molar-refractivity contribution in [1.82, 2.24) is 15.6 Å². The quantitative estimate of drug-likeness (QED) is 0.702. The number of hydrogen-bond acceptors (Lipinski definition) is 3. The number of urea groups is 1. The predicted octanol–water partition coefficient (Wildman–Crippen LogP) is 1.68. The Bertz CT molecular complexity index is 366. The van der Waals surface area contributed by atoms with E-state index in [-0.39, 0.29) is 18.5 Å². The Labute approximate surface area is 114 Å². The molecular weight excluding hydrogens is 242 g/mol. The van der Waals surface area contributed by atoms with Crippen molar-refractivity contribution >= 4 is 6.03 Å². The number of pyridine rings is 1. The Kier molecular flexibility index (Phi) is 6.89. The molecule has 0 saturated heterocycles. The smallest absolute Gasteiger partial charge is 0.315 e. The maximum absolute atomic E-state index is 11.6. The van der Waals surface area contributed by atoms with Gasteiger partial charge in [0.05, 0.1) is 6.10 Å². The number of aromatic nitrogens is 1. The van der Waals surface area contributed by atoms with Crippen molar-refractivity contribution in [3.8, 4) is 0 Å². The summed E-state index contributed by atoms with van der Waals surface area (Å²) in [6.45, 7) is 4.80. The molecule has 5 nitrogen and oxygen atoms in total. The van der Waals surface area contributed by atoms with Crippen LogP contribution in [0.5, 0.6) is 0 Å². The van der Waals surface area contributed by atoms with Crippen LogP contribution in [0.1, 0.15) is 32.3 Å². The third-order valence-corrected chi connectivity index (χ3v) is 3.24. The molecular formula is C14H23N3O2. The summed E-state index contributed by atoms with van der Waals surface area (Å²) in [5.41, 5.74) is 0.943. The number of carbonyl (C=O) groups is 1. The van der Waals surface area contributed by atoms with Gasteiger partial charge in [0.2, 0.25) is 0 Å². The highest BCUT2D eigenvalue weighted by Gasteiger charge is 2.15. The molecule has 0 fully saturated rings. The van der Waals surface area contributed by atoms with Gasteiger partial charge in [0.15, 0.2) is 0 Å². The molecule has 1 atom stereocenters. The van der Waals surface area contributed by atoms with E-state index in [1.807, 2.05) is 26.0 Å². The van der Waals surface area contributed by atoms with Gasteiger partial charge in [0, 0.05) is 25.5 Å². The van der Waals surface area contributed by atoms with E-state index in [9.17, 15) is 9.90 Å². The Balaban J connectivity index is 2.24. The van der Waals surface area contributed by atoms with E-state index in [0.29, 0.717) is 6.54 Å². The van der Waals surface area contributed by atoms with E-state index in [4.69, 9.17) is 0 Å². The summed E-state index contributed by atoms with van der Waals surface area (Å²) in [5.74, 6) is 0.235. The second-order valence-corrected chi connectivity index (χ2v) is 4.57. The molecule has 5 heteroatoms. The topological polar surface area (TPSA) is 74.2 Å².